The molecule has 0 atom stereocenters. The highest BCUT2D eigenvalue weighted by atomic mass is 16.2. The van der Waals surface area contributed by atoms with Gasteiger partial charge < -0.3 is 10.6 Å². The van der Waals surface area contributed by atoms with Crippen molar-refractivity contribution < 1.29 is 4.79 Å². The highest BCUT2D eigenvalue weighted by molar-refractivity contribution is 5.75. The van der Waals surface area contributed by atoms with Crippen molar-refractivity contribution >= 4 is 5.91 Å². The van der Waals surface area contributed by atoms with Crippen molar-refractivity contribution in [1.82, 2.24) is 9.80 Å². The van der Waals surface area contributed by atoms with E-state index in [1.54, 1.807) is 4.90 Å². The molecule has 0 aromatic rings. The van der Waals surface area contributed by atoms with E-state index < -0.39 is 0 Å². The van der Waals surface area contributed by atoms with Crippen LogP contribution in [0.25, 0.3) is 0 Å². The maximum atomic E-state index is 11.6. The molecule has 100 valence electrons. The van der Waals surface area contributed by atoms with Crippen LogP contribution in [0, 0.1) is 0 Å². The largest absolute Gasteiger partial charge is 0.349 e. The Morgan fingerprint density at radius 1 is 1.24 bits per heavy atom. The molecule has 17 heavy (non-hydrogen) atoms. The van der Waals surface area contributed by atoms with Crippen molar-refractivity contribution in [2.75, 3.05) is 33.7 Å². The van der Waals surface area contributed by atoms with Crippen LogP contribution in [-0.2, 0) is 4.79 Å². The Labute approximate surface area is 105 Å². The van der Waals surface area contributed by atoms with Crippen molar-refractivity contribution in [3.63, 3.8) is 0 Å². The van der Waals surface area contributed by atoms with E-state index in [0.29, 0.717) is 12.5 Å². The molecule has 2 N–H and O–H groups in total. The lowest BCUT2D eigenvalue weighted by Gasteiger charge is -2.28. The van der Waals surface area contributed by atoms with Crippen LogP contribution in [0.5, 0.6) is 0 Å². The highest BCUT2D eigenvalue weighted by Crippen LogP contribution is 2.23. The number of carbonyl (C=O) groups excluding carboxylic acids is 1. The van der Waals surface area contributed by atoms with Crippen LogP contribution in [-0.4, -0.2) is 55.5 Å². The van der Waals surface area contributed by atoms with E-state index in [4.69, 9.17) is 5.73 Å². The third-order valence-electron chi connectivity index (χ3n) is 3.60. The molecule has 1 saturated carbocycles. The van der Waals surface area contributed by atoms with Crippen LogP contribution in [0.1, 0.15) is 38.5 Å². The van der Waals surface area contributed by atoms with Crippen LogP contribution in [0.2, 0.25) is 0 Å². The van der Waals surface area contributed by atoms with Gasteiger partial charge in [0, 0.05) is 33.1 Å². The fourth-order valence-electron chi connectivity index (χ4n) is 2.50. The summed E-state index contributed by atoms with van der Waals surface area (Å²) in [6.07, 6.45) is 6.93. The number of nitrogens with two attached hydrogens (primary N) is 1. The summed E-state index contributed by atoms with van der Waals surface area (Å²) in [7, 11) is 3.64. The molecule has 4 heteroatoms. The first-order chi connectivity index (χ1) is 8.15. The summed E-state index contributed by atoms with van der Waals surface area (Å²) in [4.78, 5) is 15.8. The van der Waals surface area contributed by atoms with Gasteiger partial charge in [0.05, 0.1) is 0 Å². The molecule has 0 saturated heterocycles. The Kier molecular flexibility index (Phi) is 6.52. The van der Waals surface area contributed by atoms with Crippen LogP contribution in [0.15, 0.2) is 0 Å². The van der Waals surface area contributed by atoms with Gasteiger partial charge in [0.1, 0.15) is 0 Å². The maximum Gasteiger partial charge on any atom is 0.223 e. The summed E-state index contributed by atoms with van der Waals surface area (Å²) in [5, 5.41) is 0. The predicted octanol–water partition coefficient (Wildman–Crippen LogP) is 1.06. The molecule has 0 aromatic carbocycles. The zero-order valence-electron chi connectivity index (χ0n) is 11.3. The summed E-state index contributed by atoms with van der Waals surface area (Å²) in [5.74, 6) is 0.223. The van der Waals surface area contributed by atoms with Crippen molar-refractivity contribution in [1.29, 1.82) is 0 Å². The molecule has 0 bridgehead atoms. The molecule has 4 nitrogen and oxygen atoms in total. The Balaban J connectivity index is 2.36. The summed E-state index contributed by atoms with van der Waals surface area (Å²) >= 11 is 0. The monoisotopic (exact) mass is 241 g/mol. The topological polar surface area (TPSA) is 49.6 Å². The quantitative estimate of drug-likeness (QED) is 0.725. The molecule has 0 aliphatic heterocycles. The fraction of sp³-hybridized carbons (Fsp3) is 0.923. The Morgan fingerprint density at radius 2 is 1.88 bits per heavy atom. The second kappa shape index (κ2) is 7.67. The minimum atomic E-state index is 0.223. The lowest BCUT2D eigenvalue weighted by atomic mass is 10.2. The first-order valence-electron chi connectivity index (χ1n) is 6.79. The van der Waals surface area contributed by atoms with Gasteiger partial charge in [-0.1, -0.05) is 12.8 Å². The standard InChI is InChI=1S/C13H27N3O/c1-15(2)13(17)8-11-16(10-5-9-14)12-6-3-4-7-12/h12H,3-11,14H2,1-2H3. The van der Waals surface area contributed by atoms with E-state index in [9.17, 15) is 4.79 Å². The third kappa shape index (κ3) is 5.04. The number of carbonyl (C=O) groups is 1. The second-order valence-corrected chi connectivity index (χ2v) is 5.15. The lowest BCUT2D eigenvalue weighted by Crippen LogP contribution is -2.38. The second-order valence-electron chi connectivity index (χ2n) is 5.15. The van der Waals surface area contributed by atoms with Gasteiger partial charge >= 0.3 is 0 Å². The average Bonchev–Trinajstić information content (AvgIpc) is 2.82. The van der Waals surface area contributed by atoms with E-state index in [1.165, 1.54) is 25.7 Å². The molecular formula is C13H27N3O. The van der Waals surface area contributed by atoms with Gasteiger partial charge in [0.15, 0.2) is 0 Å². The smallest absolute Gasteiger partial charge is 0.223 e. The zero-order chi connectivity index (χ0) is 12.7. The van der Waals surface area contributed by atoms with E-state index in [1.807, 2.05) is 14.1 Å². The van der Waals surface area contributed by atoms with Gasteiger partial charge in [-0.15, -0.1) is 0 Å². The van der Waals surface area contributed by atoms with Crippen LogP contribution in [0.3, 0.4) is 0 Å². The van der Waals surface area contributed by atoms with Gasteiger partial charge in [-0.2, -0.15) is 0 Å². The van der Waals surface area contributed by atoms with Crippen molar-refractivity contribution in [3.8, 4) is 0 Å². The van der Waals surface area contributed by atoms with E-state index in [-0.39, 0.29) is 5.91 Å². The molecule has 0 aromatic heterocycles. The molecule has 0 heterocycles. The van der Waals surface area contributed by atoms with Gasteiger partial charge in [-0.25, -0.2) is 0 Å². The molecule has 1 amide bonds. The van der Waals surface area contributed by atoms with Gasteiger partial charge in [0.2, 0.25) is 5.91 Å². The van der Waals surface area contributed by atoms with Crippen LogP contribution >= 0.6 is 0 Å². The summed E-state index contributed by atoms with van der Waals surface area (Å²) in [6.45, 7) is 2.68. The van der Waals surface area contributed by atoms with Crippen LogP contribution < -0.4 is 5.73 Å². The molecular weight excluding hydrogens is 214 g/mol. The first-order valence-corrected chi connectivity index (χ1v) is 6.79. The minimum absolute atomic E-state index is 0.223. The normalized spacial score (nSPS) is 16.7. The van der Waals surface area contributed by atoms with Gasteiger partial charge in [-0.3, -0.25) is 9.69 Å². The zero-order valence-corrected chi connectivity index (χ0v) is 11.3. The number of rotatable bonds is 7. The van der Waals surface area contributed by atoms with Crippen molar-refractivity contribution in [3.05, 3.63) is 0 Å². The number of hydrogen-bond donors (Lipinski definition) is 1. The molecule has 0 spiro atoms. The van der Waals surface area contributed by atoms with Gasteiger partial charge in [-0.05, 0) is 32.4 Å². The fourth-order valence-corrected chi connectivity index (χ4v) is 2.50. The van der Waals surface area contributed by atoms with Gasteiger partial charge in [0.25, 0.3) is 0 Å². The predicted molar refractivity (Wildman–Crippen MR) is 70.8 cm³/mol. The summed E-state index contributed by atoms with van der Waals surface area (Å²) < 4.78 is 0. The van der Waals surface area contributed by atoms with Crippen molar-refractivity contribution in [2.24, 2.45) is 5.73 Å². The Bertz CT molecular complexity index is 225. The Morgan fingerprint density at radius 3 is 2.41 bits per heavy atom. The molecule has 1 aliphatic carbocycles. The number of amides is 1. The van der Waals surface area contributed by atoms with Crippen LogP contribution in [0.4, 0.5) is 0 Å². The molecule has 1 fully saturated rings. The Hall–Kier alpha value is -0.610. The highest BCUT2D eigenvalue weighted by Gasteiger charge is 2.22. The summed E-state index contributed by atoms with van der Waals surface area (Å²) in [5.41, 5.74) is 5.58. The first kappa shape index (κ1) is 14.5. The number of hydrogen-bond acceptors (Lipinski definition) is 3. The molecule has 0 radical (unpaired) electrons. The molecule has 1 rings (SSSR count). The molecule has 0 unspecified atom stereocenters. The van der Waals surface area contributed by atoms with E-state index in [2.05, 4.69) is 4.90 Å². The van der Waals surface area contributed by atoms with E-state index in [0.717, 1.165) is 26.1 Å². The lowest BCUT2D eigenvalue weighted by molar-refractivity contribution is -0.129. The third-order valence-corrected chi connectivity index (χ3v) is 3.60. The number of nitrogens with zero attached hydrogens (tertiary/aromatic N) is 2. The minimum Gasteiger partial charge on any atom is -0.349 e. The summed E-state index contributed by atoms with van der Waals surface area (Å²) in [6, 6.07) is 0.691. The van der Waals surface area contributed by atoms with Crippen molar-refractivity contribution in [2.45, 2.75) is 44.6 Å². The van der Waals surface area contributed by atoms with E-state index >= 15 is 0 Å². The SMILES string of the molecule is CN(C)C(=O)CCN(CCCN)C1CCCC1. The average molecular weight is 241 g/mol. The molecule has 1 aliphatic rings. The maximum absolute atomic E-state index is 11.6.